The standard InChI is InChI=1S/C6H7F3N2O/c7-6(8,9)5-3-11(4-10)1-2-12-5/h5H,1-3H2. The molecule has 0 aromatic carbocycles. The zero-order chi connectivity index (χ0) is 9.19. The van der Waals surface area contributed by atoms with E-state index in [9.17, 15) is 13.2 Å². The van der Waals surface area contributed by atoms with E-state index in [1.165, 1.54) is 0 Å². The van der Waals surface area contributed by atoms with Gasteiger partial charge in [-0.05, 0) is 0 Å². The summed E-state index contributed by atoms with van der Waals surface area (Å²) >= 11 is 0. The fraction of sp³-hybridized carbons (Fsp3) is 0.833. The van der Waals surface area contributed by atoms with E-state index in [-0.39, 0.29) is 19.7 Å². The second-order valence-corrected chi connectivity index (χ2v) is 2.45. The number of alkyl halides is 3. The molecule has 0 N–H and O–H groups in total. The zero-order valence-corrected chi connectivity index (χ0v) is 6.14. The van der Waals surface area contributed by atoms with Gasteiger partial charge < -0.3 is 9.64 Å². The SMILES string of the molecule is N#CN1CCOC(C(F)(F)F)C1. The molecular formula is C6H7F3N2O. The third-order valence-electron chi connectivity index (χ3n) is 1.57. The highest BCUT2D eigenvalue weighted by Crippen LogP contribution is 2.25. The minimum absolute atomic E-state index is 0.0439. The Morgan fingerprint density at radius 1 is 1.50 bits per heavy atom. The number of hydrogen-bond acceptors (Lipinski definition) is 3. The summed E-state index contributed by atoms with van der Waals surface area (Å²) in [4.78, 5) is 1.04. The molecule has 3 nitrogen and oxygen atoms in total. The average Bonchev–Trinajstić information content (AvgIpc) is 2.03. The van der Waals surface area contributed by atoms with Crippen molar-refractivity contribution in [3.63, 3.8) is 0 Å². The first-order valence-electron chi connectivity index (χ1n) is 3.37. The van der Waals surface area contributed by atoms with Gasteiger partial charge in [0, 0.05) is 0 Å². The van der Waals surface area contributed by atoms with E-state index in [1.807, 2.05) is 0 Å². The summed E-state index contributed by atoms with van der Waals surface area (Å²) in [5.74, 6) is 0. The third-order valence-corrected chi connectivity index (χ3v) is 1.57. The van der Waals surface area contributed by atoms with Gasteiger partial charge in [0.2, 0.25) is 0 Å². The van der Waals surface area contributed by atoms with Crippen LogP contribution in [-0.2, 0) is 4.74 Å². The third kappa shape index (κ3) is 2.01. The van der Waals surface area contributed by atoms with Crippen molar-refractivity contribution in [3.8, 4) is 6.19 Å². The van der Waals surface area contributed by atoms with Gasteiger partial charge in [-0.15, -0.1) is 0 Å². The van der Waals surface area contributed by atoms with Crippen LogP contribution in [-0.4, -0.2) is 36.9 Å². The Kier molecular flexibility index (Phi) is 2.43. The molecule has 1 aliphatic rings. The number of morpholine rings is 1. The molecule has 0 aromatic rings. The first kappa shape index (κ1) is 9.13. The minimum Gasteiger partial charge on any atom is -0.365 e. The highest BCUT2D eigenvalue weighted by Gasteiger charge is 2.43. The quantitative estimate of drug-likeness (QED) is 0.515. The Bertz CT molecular complexity index is 198. The fourth-order valence-electron chi connectivity index (χ4n) is 0.938. The summed E-state index contributed by atoms with van der Waals surface area (Å²) in [6.07, 6.45) is -4.52. The maximum Gasteiger partial charge on any atom is 0.416 e. The summed E-state index contributed by atoms with van der Waals surface area (Å²) < 4.78 is 40.4. The van der Waals surface area contributed by atoms with Crippen LogP contribution in [0.15, 0.2) is 0 Å². The highest BCUT2D eigenvalue weighted by molar-refractivity contribution is 4.83. The average molecular weight is 180 g/mol. The molecule has 6 heteroatoms. The molecule has 1 unspecified atom stereocenters. The summed E-state index contributed by atoms with van der Waals surface area (Å²) in [6, 6.07) is 0. The summed E-state index contributed by atoms with van der Waals surface area (Å²) in [6.45, 7) is -0.194. The van der Waals surface area contributed by atoms with Crippen LogP contribution in [0.4, 0.5) is 13.2 Å². The van der Waals surface area contributed by atoms with Crippen molar-refractivity contribution < 1.29 is 17.9 Å². The molecule has 0 amide bonds. The van der Waals surface area contributed by atoms with E-state index in [0.717, 1.165) is 4.90 Å². The molecule has 68 valence electrons. The van der Waals surface area contributed by atoms with Gasteiger partial charge in [0.05, 0.1) is 19.7 Å². The minimum atomic E-state index is -4.37. The van der Waals surface area contributed by atoms with Gasteiger partial charge in [-0.2, -0.15) is 18.4 Å². The summed E-state index contributed by atoms with van der Waals surface area (Å²) in [7, 11) is 0. The first-order chi connectivity index (χ1) is 5.54. The van der Waals surface area contributed by atoms with Crippen molar-refractivity contribution in [2.45, 2.75) is 12.3 Å². The Morgan fingerprint density at radius 3 is 2.67 bits per heavy atom. The number of nitriles is 1. The highest BCUT2D eigenvalue weighted by atomic mass is 19.4. The van der Waals surface area contributed by atoms with Gasteiger partial charge in [-0.25, -0.2) is 0 Å². The van der Waals surface area contributed by atoms with Gasteiger partial charge in [-0.1, -0.05) is 0 Å². The van der Waals surface area contributed by atoms with Crippen LogP contribution in [0.3, 0.4) is 0 Å². The van der Waals surface area contributed by atoms with Crippen LogP contribution in [0.1, 0.15) is 0 Å². The molecule has 0 aromatic heterocycles. The molecule has 1 atom stereocenters. The van der Waals surface area contributed by atoms with Crippen LogP contribution >= 0.6 is 0 Å². The second kappa shape index (κ2) is 3.19. The molecule has 1 rings (SSSR count). The molecule has 0 bridgehead atoms. The van der Waals surface area contributed by atoms with E-state index in [0.29, 0.717) is 0 Å². The predicted molar refractivity (Wildman–Crippen MR) is 33.0 cm³/mol. The summed E-state index contributed by atoms with van der Waals surface area (Å²) in [5.41, 5.74) is 0. The second-order valence-electron chi connectivity index (χ2n) is 2.45. The summed E-state index contributed by atoms with van der Waals surface area (Å²) in [5, 5.41) is 8.33. The van der Waals surface area contributed by atoms with Gasteiger partial charge in [0.25, 0.3) is 0 Å². The fourth-order valence-corrected chi connectivity index (χ4v) is 0.938. The van der Waals surface area contributed by atoms with Crippen molar-refractivity contribution in [2.75, 3.05) is 19.7 Å². The number of nitrogens with zero attached hydrogens (tertiary/aromatic N) is 2. The smallest absolute Gasteiger partial charge is 0.365 e. The van der Waals surface area contributed by atoms with E-state index in [4.69, 9.17) is 5.26 Å². The molecule has 12 heavy (non-hydrogen) atoms. The number of ether oxygens (including phenoxy) is 1. The van der Waals surface area contributed by atoms with Crippen molar-refractivity contribution in [3.05, 3.63) is 0 Å². The molecule has 0 saturated carbocycles. The normalized spacial score (nSPS) is 25.2. The molecule has 1 saturated heterocycles. The lowest BCUT2D eigenvalue weighted by Gasteiger charge is -2.30. The molecular weight excluding hydrogens is 173 g/mol. The lowest BCUT2D eigenvalue weighted by atomic mass is 10.3. The molecule has 1 fully saturated rings. The monoisotopic (exact) mass is 180 g/mol. The number of rotatable bonds is 0. The molecule has 0 aliphatic carbocycles. The van der Waals surface area contributed by atoms with Gasteiger partial charge in [0.1, 0.15) is 0 Å². The topological polar surface area (TPSA) is 36.3 Å². The molecule has 1 aliphatic heterocycles. The first-order valence-corrected chi connectivity index (χ1v) is 3.37. The van der Waals surface area contributed by atoms with E-state index >= 15 is 0 Å². The maximum absolute atomic E-state index is 12.0. The van der Waals surface area contributed by atoms with Gasteiger partial charge >= 0.3 is 6.18 Å². The van der Waals surface area contributed by atoms with Gasteiger partial charge in [-0.3, -0.25) is 0 Å². The molecule has 1 heterocycles. The largest absolute Gasteiger partial charge is 0.416 e. The molecule has 0 spiro atoms. The van der Waals surface area contributed by atoms with E-state index in [2.05, 4.69) is 4.74 Å². The van der Waals surface area contributed by atoms with E-state index < -0.39 is 12.3 Å². The lowest BCUT2D eigenvalue weighted by Crippen LogP contribution is -2.47. The zero-order valence-electron chi connectivity index (χ0n) is 6.14. The van der Waals surface area contributed by atoms with Crippen molar-refractivity contribution >= 4 is 0 Å². The van der Waals surface area contributed by atoms with Crippen LogP contribution in [0.5, 0.6) is 0 Å². The van der Waals surface area contributed by atoms with Gasteiger partial charge in [0.15, 0.2) is 12.3 Å². The van der Waals surface area contributed by atoms with Crippen LogP contribution in [0, 0.1) is 11.5 Å². The number of halogens is 3. The predicted octanol–water partition coefficient (Wildman–Crippen LogP) is 0.731. The van der Waals surface area contributed by atoms with Crippen molar-refractivity contribution in [1.82, 2.24) is 4.90 Å². The van der Waals surface area contributed by atoms with Crippen molar-refractivity contribution in [2.24, 2.45) is 0 Å². The Hall–Kier alpha value is -0.960. The Labute approximate surface area is 67.3 Å². The van der Waals surface area contributed by atoms with Crippen LogP contribution in [0.25, 0.3) is 0 Å². The van der Waals surface area contributed by atoms with Crippen LogP contribution in [0.2, 0.25) is 0 Å². The van der Waals surface area contributed by atoms with Crippen LogP contribution < -0.4 is 0 Å². The maximum atomic E-state index is 12.0. The number of hydrogen-bond donors (Lipinski definition) is 0. The Balaban J connectivity index is 2.53. The van der Waals surface area contributed by atoms with Crippen molar-refractivity contribution in [1.29, 1.82) is 5.26 Å². The lowest BCUT2D eigenvalue weighted by molar-refractivity contribution is -0.233. The van der Waals surface area contributed by atoms with E-state index in [1.54, 1.807) is 6.19 Å². The Morgan fingerprint density at radius 2 is 2.17 bits per heavy atom. The molecule has 0 radical (unpaired) electrons.